The first kappa shape index (κ1) is 16.0. The second kappa shape index (κ2) is 6.18. The zero-order chi connectivity index (χ0) is 15.6. The van der Waals surface area contributed by atoms with Gasteiger partial charge in [-0.2, -0.15) is 0 Å². The Bertz CT molecular complexity index is 572. The number of carbonyl (C=O) groups excluding carboxylic acids is 1. The molecule has 1 aliphatic rings. The third-order valence-electron chi connectivity index (χ3n) is 4.53. The molecule has 0 aliphatic heterocycles. The molecular weight excluding hydrogens is 288 g/mol. The summed E-state index contributed by atoms with van der Waals surface area (Å²) in [5.74, 6) is -0.774. The van der Waals surface area contributed by atoms with Gasteiger partial charge in [0.25, 0.3) is 0 Å². The predicted octanol–water partition coefficient (Wildman–Crippen LogP) is 4.56. The van der Waals surface area contributed by atoms with Crippen molar-refractivity contribution in [3.8, 4) is 0 Å². The van der Waals surface area contributed by atoms with Gasteiger partial charge in [-0.15, -0.1) is 0 Å². The lowest BCUT2D eigenvalue weighted by atomic mass is 9.77. The van der Waals surface area contributed by atoms with Crippen LogP contribution in [0.15, 0.2) is 12.1 Å². The Morgan fingerprint density at radius 3 is 2.33 bits per heavy atom. The van der Waals surface area contributed by atoms with Crippen molar-refractivity contribution in [2.24, 2.45) is 5.41 Å². The number of hydrogen-bond donors (Lipinski definition) is 1. The molecule has 0 unspecified atom stereocenters. The SMILES string of the molecule is Cc1cc(C(=O)CC2(CC(=O)O)CCCC2)c(C)cc1Cl. The summed E-state index contributed by atoms with van der Waals surface area (Å²) in [4.78, 5) is 23.8. The molecule has 0 saturated heterocycles. The normalized spacial score (nSPS) is 16.9. The number of hydrogen-bond acceptors (Lipinski definition) is 2. The van der Waals surface area contributed by atoms with E-state index in [1.165, 1.54) is 0 Å². The fourth-order valence-electron chi connectivity index (χ4n) is 3.38. The molecule has 21 heavy (non-hydrogen) atoms. The minimum atomic E-state index is -0.811. The van der Waals surface area contributed by atoms with Crippen LogP contribution in [0.5, 0.6) is 0 Å². The summed E-state index contributed by atoms with van der Waals surface area (Å²) < 4.78 is 0. The van der Waals surface area contributed by atoms with E-state index >= 15 is 0 Å². The number of Topliss-reactive ketones (excluding diaryl/α,β-unsaturated/α-hetero) is 1. The van der Waals surface area contributed by atoms with Crippen LogP contribution in [0.4, 0.5) is 0 Å². The summed E-state index contributed by atoms with van der Waals surface area (Å²) in [6.45, 7) is 3.75. The molecule has 0 radical (unpaired) electrons. The van der Waals surface area contributed by atoms with Crippen LogP contribution >= 0.6 is 11.6 Å². The van der Waals surface area contributed by atoms with Crippen LogP contribution in [-0.2, 0) is 4.79 Å². The number of halogens is 1. The first-order valence-corrected chi connectivity index (χ1v) is 7.72. The van der Waals surface area contributed by atoms with Crippen LogP contribution in [0.1, 0.15) is 60.0 Å². The summed E-state index contributed by atoms with van der Waals surface area (Å²) in [7, 11) is 0. The van der Waals surface area contributed by atoms with Crippen LogP contribution in [0.3, 0.4) is 0 Å². The Balaban J connectivity index is 2.24. The summed E-state index contributed by atoms with van der Waals surface area (Å²) in [5, 5.41) is 9.79. The standard InChI is InChI=1S/C17H21ClO3/c1-11-8-14(18)12(2)7-13(11)15(19)9-17(10-16(20)21)5-3-4-6-17/h7-8H,3-6,9-10H2,1-2H3,(H,20,21). The van der Waals surface area contributed by atoms with Gasteiger partial charge >= 0.3 is 5.97 Å². The lowest BCUT2D eigenvalue weighted by Gasteiger charge is -2.26. The third-order valence-corrected chi connectivity index (χ3v) is 4.94. The van der Waals surface area contributed by atoms with E-state index in [9.17, 15) is 9.59 Å². The molecule has 1 aromatic carbocycles. The number of aliphatic carboxylic acids is 1. The van der Waals surface area contributed by atoms with Crippen molar-refractivity contribution in [3.63, 3.8) is 0 Å². The molecular formula is C17H21ClO3. The number of carbonyl (C=O) groups is 2. The predicted molar refractivity (Wildman–Crippen MR) is 83.0 cm³/mol. The van der Waals surface area contributed by atoms with Crippen molar-refractivity contribution in [2.45, 2.75) is 52.4 Å². The second-order valence-electron chi connectivity index (χ2n) is 6.29. The van der Waals surface area contributed by atoms with E-state index in [2.05, 4.69) is 0 Å². The van der Waals surface area contributed by atoms with Crippen molar-refractivity contribution in [2.75, 3.05) is 0 Å². The summed E-state index contributed by atoms with van der Waals surface area (Å²) in [5.41, 5.74) is 2.06. The van der Waals surface area contributed by atoms with Gasteiger partial charge in [0.05, 0.1) is 6.42 Å². The Morgan fingerprint density at radius 2 is 1.76 bits per heavy atom. The van der Waals surface area contributed by atoms with Crippen molar-refractivity contribution in [3.05, 3.63) is 33.8 Å². The smallest absolute Gasteiger partial charge is 0.303 e. The number of aryl methyl sites for hydroxylation is 2. The van der Waals surface area contributed by atoms with Gasteiger partial charge < -0.3 is 5.11 Å². The van der Waals surface area contributed by atoms with E-state index in [0.717, 1.165) is 36.8 Å². The largest absolute Gasteiger partial charge is 0.481 e. The van der Waals surface area contributed by atoms with Gasteiger partial charge in [-0.1, -0.05) is 24.4 Å². The quantitative estimate of drug-likeness (QED) is 0.811. The highest BCUT2D eigenvalue weighted by Crippen LogP contribution is 2.45. The number of ketones is 1. The maximum Gasteiger partial charge on any atom is 0.303 e. The van der Waals surface area contributed by atoms with Gasteiger partial charge in [0.15, 0.2) is 5.78 Å². The van der Waals surface area contributed by atoms with Crippen LogP contribution in [0.25, 0.3) is 0 Å². The molecule has 0 bridgehead atoms. The molecule has 0 amide bonds. The van der Waals surface area contributed by atoms with Gasteiger partial charge in [0.1, 0.15) is 0 Å². The number of carboxylic acid groups (broad SMARTS) is 1. The fourth-order valence-corrected chi connectivity index (χ4v) is 3.60. The van der Waals surface area contributed by atoms with Crippen LogP contribution in [0.2, 0.25) is 5.02 Å². The van der Waals surface area contributed by atoms with Crippen LogP contribution < -0.4 is 0 Å². The number of rotatable bonds is 5. The molecule has 0 spiro atoms. The average Bonchev–Trinajstić information content (AvgIpc) is 2.80. The zero-order valence-electron chi connectivity index (χ0n) is 12.5. The van der Waals surface area contributed by atoms with Crippen molar-refractivity contribution < 1.29 is 14.7 Å². The van der Waals surface area contributed by atoms with E-state index in [4.69, 9.17) is 16.7 Å². The molecule has 4 heteroatoms. The lowest BCUT2D eigenvalue weighted by molar-refractivity contribution is -0.139. The maximum atomic E-state index is 12.6. The zero-order valence-corrected chi connectivity index (χ0v) is 13.3. The third kappa shape index (κ3) is 3.65. The minimum absolute atomic E-state index is 0.0374. The summed E-state index contributed by atoms with van der Waals surface area (Å²) in [6.07, 6.45) is 4.09. The number of benzene rings is 1. The molecule has 1 saturated carbocycles. The van der Waals surface area contributed by atoms with Gasteiger partial charge in [0.2, 0.25) is 0 Å². The highest BCUT2D eigenvalue weighted by molar-refractivity contribution is 6.31. The molecule has 1 N–H and O–H groups in total. The van der Waals surface area contributed by atoms with Gasteiger partial charge in [0, 0.05) is 17.0 Å². The molecule has 2 rings (SSSR count). The van der Waals surface area contributed by atoms with E-state index in [1.807, 2.05) is 26.0 Å². The Hall–Kier alpha value is -1.35. The van der Waals surface area contributed by atoms with E-state index in [-0.39, 0.29) is 17.6 Å². The maximum absolute atomic E-state index is 12.6. The molecule has 0 heterocycles. The molecule has 1 aromatic rings. The molecule has 1 aliphatic carbocycles. The molecule has 114 valence electrons. The van der Waals surface area contributed by atoms with Crippen molar-refractivity contribution in [1.82, 2.24) is 0 Å². The lowest BCUT2D eigenvalue weighted by Crippen LogP contribution is -2.25. The highest BCUT2D eigenvalue weighted by atomic mass is 35.5. The molecule has 1 fully saturated rings. The van der Waals surface area contributed by atoms with Crippen LogP contribution in [-0.4, -0.2) is 16.9 Å². The number of carboxylic acids is 1. The van der Waals surface area contributed by atoms with E-state index < -0.39 is 5.97 Å². The monoisotopic (exact) mass is 308 g/mol. The van der Waals surface area contributed by atoms with Gasteiger partial charge in [-0.3, -0.25) is 9.59 Å². The Morgan fingerprint density at radius 1 is 1.14 bits per heavy atom. The van der Waals surface area contributed by atoms with Crippen LogP contribution in [0, 0.1) is 19.3 Å². The summed E-state index contributed by atoms with van der Waals surface area (Å²) >= 11 is 6.07. The molecule has 3 nitrogen and oxygen atoms in total. The summed E-state index contributed by atoms with van der Waals surface area (Å²) in [6, 6.07) is 3.63. The van der Waals surface area contributed by atoms with Crippen molar-refractivity contribution in [1.29, 1.82) is 0 Å². The fraction of sp³-hybridized carbons (Fsp3) is 0.529. The van der Waals surface area contributed by atoms with Crippen molar-refractivity contribution >= 4 is 23.4 Å². The molecule has 0 atom stereocenters. The molecule has 0 aromatic heterocycles. The Labute approximate surface area is 130 Å². The Kier molecular flexibility index (Phi) is 4.72. The minimum Gasteiger partial charge on any atom is -0.481 e. The second-order valence-corrected chi connectivity index (χ2v) is 6.70. The van der Waals surface area contributed by atoms with E-state index in [1.54, 1.807) is 0 Å². The van der Waals surface area contributed by atoms with E-state index in [0.29, 0.717) is 17.0 Å². The highest BCUT2D eigenvalue weighted by Gasteiger charge is 2.38. The topological polar surface area (TPSA) is 54.4 Å². The average molecular weight is 309 g/mol. The van der Waals surface area contributed by atoms with Gasteiger partial charge in [-0.25, -0.2) is 0 Å². The first-order valence-electron chi connectivity index (χ1n) is 7.35. The first-order chi connectivity index (χ1) is 9.83. The van der Waals surface area contributed by atoms with Gasteiger partial charge in [-0.05, 0) is 55.4 Å².